The molecule has 4 nitrogen and oxygen atoms in total. The van der Waals surface area contributed by atoms with E-state index in [0.717, 1.165) is 17.8 Å². The number of nitrogens with zero attached hydrogens (tertiary/aromatic N) is 1. The fourth-order valence-electron chi connectivity index (χ4n) is 2.92. The highest BCUT2D eigenvalue weighted by atomic mass is 19.4. The molecule has 0 aliphatic carbocycles. The Hall–Kier alpha value is -2.96. The Morgan fingerprint density at radius 2 is 1.64 bits per heavy atom. The fourth-order valence-corrected chi connectivity index (χ4v) is 2.92. The van der Waals surface area contributed by atoms with E-state index in [2.05, 4.69) is 10.3 Å². The van der Waals surface area contributed by atoms with E-state index in [4.69, 9.17) is 9.47 Å². The van der Waals surface area contributed by atoms with Crippen LogP contribution in [0.15, 0.2) is 42.5 Å². The first-order valence-corrected chi connectivity index (χ1v) is 8.97. The summed E-state index contributed by atoms with van der Waals surface area (Å²) in [6.45, 7) is 6.52. The van der Waals surface area contributed by atoms with Gasteiger partial charge in [0, 0.05) is 28.5 Å². The Kier molecular flexibility index (Phi) is 5.63. The average molecular weight is 390 g/mol. The van der Waals surface area contributed by atoms with Gasteiger partial charge in [0.2, 0.25) is 0 Å². The molecule has 0 radical (unpaired) electrons. The van der Waals surface area contributed by atoms with Crippen LogP contribution in [0, 0.1) is 6.92 Å². The van der Waals surface area contributed by atoms with Gasteiger partial charge < -0.3 is 14.8 Å². The Morgan fingerprint density at radius 3 is 2.32 bits per heavy atom. The maximum absolute atomic E-state index is 13.0. The lowest BCUT2D eigenvalue weighted by atomic mass is 10.1. The average Bonchev–Trinajstić information content (AvgIpc) is 2.63. The first-order valence-electron chi connectivity index (χ1n) is 8.97. The maximum atomic E-state index is 13.0. The third-order valence-corrected chi connectivity index (χ3v) is 4.09. The minimum atomic E-state index is -4.41. The van der Waals surface area contributed by atoms with Crippen LogP contribution in [-0.2, 0) is 6.18 Å². The molecule has 0 amide bonds. The molecular weight excluding hydrogens is 369 g/mol. The molecule has 1 heterocycles. The topological polar surface area (TPSA) is 43.4 Å². The van der Waals surface area contributed by atoms with Crippen molar-refractivity contribution in [2.75, 3.05) is 18.5 Å². The van der Waals surface area contributed by atoms with Crippen molar-refractivity contribution in [2.24, 2.45) is 0 Å². The molecule has 3 aromatic rings. The lowest BCUT2D eigenvalue weighted by Crippen LogP contribution is -2.05. The van der Waals surface area contributed by atoms with E-state index in [9.17, 15) is 13.2 Å². The molecule has 0 aliphatic heterocycles. The van der Waals surface area contributed by atoms with Gasteiger partial charge in [0.25, 0.3) is 0 Å². The van der Waals surface area contributed by atoms with Crippen LogP contribution in [-0.4, -0.2) is 18.2 Å². The van der Waals surface area contributed by atoms with Gasteiger partial charge in [-0.2, -0.15) is 13.2 Å². The van der Waals surface area contributed by atoms with Gasteiger partial charge in [0.1, 0.15) is 0 Å². The van der Waals surface area contributed by atoms with Gasteiger partial charge in [0.15, 0.2) is 11.5 Å². The number of halogens is 3. The first kappa shape index (κ1) is 19.8. The van der Waals surface area contributed by atoms with E-state index < -0.39 is 11.7 Å². The zero-order valence-electron chi connectivity index (χ0n) is 15.9. The molecule has 28 heavy (non-hydrogen) atoms. The lowest BCUT2D eigenvalue weighted by molar-refractivity contribution is -0.137. The van der Waals surface area contributed by atoms with Crippen LogP contribution in [0.1, 0.15) is 25.1 Å². The smallest absolute Gasteiger partial charge is 0.416 e. The van der Waals surface area contributed by atoms with Crippen LogP contribution in [0.4, 0.5) is 24.5 Å². The van der Waals surface area contributed by atoms with Crippen LogP contribution < -0.4 is 14.8 Å². The number of hydrogen-bond donors (Lipinski definition) is 1. The van der Waals surface area contributed by atoms with Crippen molar-refractivity contribution < 1.29 is 22.6 Å². The number of anilines is 2. The Labute approximate surface area is 161 Å². The second-order valence-electron chi connectivity index (χ2n) is 6.19. The number of pyridine rings is 1. The monoisotopic (exact) mass is 390 g/mol. The van der Waals surface area contributed by atoms with Crippen LogP contribution >= 0.6 is 0 Å². The maximum Gasteiger partial charge on any atom is 0.416 e. The number of alkyl halides is 3. The number of benzene rings is 2. The zero-order valence-corrected chi connectivity index (χ0v) is 15.9. The molecule has 3 rings (SSSR count). The molecule has 0 fully saturated rings. The molecule has 1 N–H and O–H groups in total. The van der Waals surface area contributed by atoms with Crippen LogP contribution in [0.25, 0.3) is 10.9 Å². The molecule has 148 valence electrons. The third kappa shape index (κ3) is 4.30. The van der Waals surface area contributed by atoms with Crippen molar-refractivity contribution in [1.82, 2.24) is 4.98 Å². The highest BCUT2D eigenvalue weighted by Crippen LogP contribution is 2.36. The number of fused-ring (bicyclic) bond motifs is 1. The van der Waals surface area contributed by atoms with E-state index in [1.165, 1.54) is 6.07 Å². The van der Waals surface area contributed by atoms with Gasteiger partial charge in [-0.25, -0.2) is 0 Å². The number of nitrogens with one attached hydrogen (secondary N) is 1. The summed E-state index contributed by atoms with van der Waals surface area (Å²) < 4.78 is 50.2. The Bertz CT molecular complexity index is 987. The summed E-state index contributed by atoms with van der Waals surface area (Å²) in [6, 6.07) is 10.8. The molecule has 0 saturated heterocycles. The van der Waals surface area contributed by atoms with E-state index in [1.54, 1.807) is 25.1 Å². The molecule has 0 aliphatic rings. The van der Waals surface area contributed by atoms with Crippen LogP contribution in [0.5, 0.6) is 11.5 Å². The predicted octanol–water partition coefficient (Wildman–Crippen LogP) is 6.10. The van der Waals surface area contributed by atoms with E-state index in [1.807, 2.05) is 19.9 Å². The van der Waals surface area contributed by atoms with Crippen LogP contribution in [0.3, 0.4) is 0 Å². The van der Waals surface area contributed by atoms with Gasteiger partial charge in [0.05, 0.1) is 24.3 Å². The summed E-state index contributed by atoms with van der Waals surface area (Å²) in [6.07, 6.45) is -4.41. The normalized spacial score (nSPS) is 11.5. The second kappa shape index (κ2) is 7.96. The molecule has 2 aromatic carbocycles. The van der Waals surface area contributed by atoms with Gasteiger partial charge in [-0.3, -0.25) is 4.98 Å². The Balaban J connectivity index is 2.01. The molecule has 0 atom stereocenters. The van der Waals surface area contributed by atoms with E-state index in [0.29, 0.717) is 41.5 Å². The third-order valence-electron chi connectivity index (χ3n) is 4.09. The van der Waals surface area contributed by atoms with Crippen molar-refractivity contribution in [3.63, 3.8) is 0 Å². The highest BCUT2D eigenvalue weighted by Gasteiger charge is 2.30. The first-order chi connectivity index (χ1) is 13.3. The number of hydrogen-bond acceptors (Lipinski definition) is 4. The van der Waals surface area contributed by atoms with E-state index >= 15 is 0 Å². The molecule has 0 unspecified atom stereocenters. The quantitative estimate of drug-likeness (QED) is 0.552. The summed E-state index contributed by atoms with van der Waals surface area (Å²) in [5, 5.41) is 3.86. The summed E-state index contributed by atoms with van der Waals surface area (Å²) in [7, 11) is 0. The highest BCUT2D eigenvalue weighted by molar-refractivity contribution is 5.93. The minimum Gasteiger partial charge on any atom is -0.490 e. The van der Waals surface area contributed by atoms with Gasteiger partial charge >= 0.3 is 6.18 Å². The fraction of sp³-hybridized carbons (Fsp3) is 0.286. The van der Waals surface area contributed by atoms with Crippen molar-refractivity contribution in [1.29, 1.82) is 0 Å². The summed E-state index contributed by atoms with van der Waals surface area (Å²) in [5.74, 6) is 1.24. The van der Waals surface area contributed by atoms with Crippen LogP contribution in [0.2, 0.25) is 0 Å². The number of ether oxygens (including phenoxy) is 2. The molecule has 0 saturated carbocycles. The molecule has 0 spiro atoms. The van der Waals surface area contributed by atoms with Crippen molar-refractivity contribution in [2.45, 2.75) is 26.9 Å². The standard InChI is InChI=1S/C21H21F3N2O2/c1-4-27-19-9-7-15(12-20(19)28-5-2)26-17-10-13(3)25-18-11-14(21(22,23)24)6-8-16(17)18/h6-12H,4-5H2,1-3H3,(H,25,26). The number of aryl methyl sites for hydroxylation is 1. The summed E-state index contributed by atoms with van der Waals surface area (Å²) >= 11 is 0. The lowest BCUT2D eigenvalue weighted by Gasteiger charge is -2.15. The minimum absolute atomic E-state index is 0.285. The molecule has 1 aromatic heterocycles. The van der Waals surface area contributed by atoms with E-state index in [-0.39, 0.29) is 5.52 Å². The number of rotatable bonds is 6. The Morgan fingerprint density at radius 1 is 0.929 bits per heavy atom. The van der Waals surface area contributed by atoms with Gasteiger partial charge in [-0.1, -0.05) is 6.07 Å². The number of aromatic nitrogens is 1. The predicted molar refractivity (Wildman–Crippen MR) is 104 cm³/mol. The van der Waals surface area contributed by atoms with Gasteiger partial charge in [-0.15, -0.1) is 0 Å². The summed E-state index contributed by atoms with van der Waals surface area (Å²) in [5.41, 5.74) is 1.59. The second-order valence-corrected chi connectivity index (χ2v) is 6.19. The van der Waals surface area contributed by atoms with Crippen molar-refractivity contribution in [3.05, 3.63) is 53.7 Å². The summed E-state index contributed by atoms with van der Waals surface area (Å²) in [4.78, 5) is 4.25. The molecule has 0 bridgehead atoms. The largest absolute Gasteiger partial charge is 0.490 e. The molecular formula is C21H21F3N2O2. The van der Waals surface area contributed by atoms with Crippen molar-refractivity contribution in [3.8, 4) is 11.5 Å². The molecule has 7 heteroatoms. The zero-order chi connectivity index (χ0) is 20.3. The SMILES string of the molecule is CCOc1ccc(Nc2cc(C)nc3cc(C(F)(F)F)ccc23)cc1OCC. The van der Waals surface area contributed by atoms with Crippen molar-refractivity contribution >= 4 is 22.3 Å². The van der Waals surface area contributed by atoms with Gasteiger partial charge in [-0.05, 0) is 51.1 Å².